The van der Waals surface area contributed by atoms with Gasteiger partial charge in [-0.3, -0.25) is 0 Å². The summed E-state index contributed by atoms with van der Waals surface area (Å²) in [5.74, 6) is 0.822. The van der Waals surface area contributed by atoms with Gasteiger partial charge in [0.1, 0.15) is 5.82 Å². The average Bonchev–Trinajstić information content (AvgIpc) is 2.57. The fraction of sp³-hybridized carbons (Fsp3) is 0.571. The topological polar surface area (TPSA) is 12.0 Å². The second kappa shape index (κ2) is 3.76. The molecule has 0 bridgehead atoms. The van der Waals surface area contributed by atoms with E-state index in [4.69, 9.17) is 0 Å². The molecule has 88 valence electrons. The highest BCUT2D eigenvalue weighted by Crippen LogP contribution is 2.43. The fourth-order valence-electron chi connectivity index (χ4n) is 2.38. The van der Waals surface area contributed by atoms with Crippen LogP contribution in [0.25, 0.3) is 0 Å². The second-order valence-electron chi connectivity index (χ2n) is 5.87. The van der Waals surface area contributed by atoms with Crippen LogP contribution in [0.3, 0.4) is 0 Å². The highest BCUT2D eigenvalue weighted by atomic mass is 19.1. The van der Waals surface area contributed by atoms with Crippen LogP contribution in [0.2, 0.25) is 0 Å². The summed E-state index contributed by atoms with van der Waals surface area (Å²) in [4.78, 5) is 0. The lowest BCUT2D eigenvalue weighted by Crippen LogP contribution is -2.25. The van der Waals surface area contributed by atoms with Crippen LogP contribution >= 0.6 is 0 Å². The lowest BCUT2D eigenvalue weighted by Gasteiger charge is -2.32. The van der Waals surface area contributed by atoms with Gasteiger partial charge in [0.25, 0.3) is 0 Å². The lowest BCUT2D eigenvalue weighted by molar-refractivity contribution is 0.228. The van der Waals surface area contributed by atoms with E-state index < -0.39 is 0 Å². The first kappa shape index (κ1) is 11.4. The molecule has 2 unspecified atom stereocenters. The van der Waals surface area contributed by atoms with Crippen molar-refractivity contribution in [2.24, 2.45) is 11.3 Å². The van der Waals surface area contributed by atoms with E-state index in [1.165, 1.54) is 6.07 Å². The molecule has 0 fully saturated rings. The highest BCUT2D eigenvalue weighted by Gasteiger charge is 2.33. The number of halogens is 1. The Kier molecular flexibility index (Phi) is 2.69. The maximum atomic E-state index is 13.3. The van der Waals surface area contributed by atoms with E-state index in [0.717, 1.165) is 17.8 Å². The Balaban J connectivity index is 2.33. The predicted octanol–water partition coefficient (Wildman–Crippen LogP) is 4.02. The van der Waals surface area contributed by atoms with Crippen LogP contribution in [0.4, 0.5) is 10.1 Å². The van der Waals surface area contributed by atoms with Gasteiger partial charge in [-0.1, -0.05) is 27.7 Å². The van der Waals surface area contributed by atoms with Crippen molar-refractivity contribution in [3.63, 3.8) is 0 Å². The van der Waals surface area contributed by atoms with Gasteiger partial charge in [0, 0.05) is 18.2 Å². The van der Waals surface area contributed by atoms with Gasteiger partial charge >= 0.3 is 0 Å². The standard InChI is InChI=1S/C14H20FN/c1-9(14(2,3)4)12-8-16-13-6-5-10(15)7-11(12)13/h5-7,9,12,16H,8H2,1-4H3. The molecular weight excluding hydrogens is 201 g/mol. The monoisotopic (exact) mass is 221 g/mol. The summed E-state index contributed by atoms with van der Waals surface area (Å²) in [6.07, 6.45) is 0. The normalized spacial score (nSPS) is 21.4. The van der Waals surface area contributed by atoms with Gasteiger partial charge in [0.15, 0.2) is 0 Å². The van der Waals surface area contributed by atoms with Crippen molar-refractivity contribution in [3.8, 4) is 0 Å². The molecule has 1 aromatic rings. The quantitative estimate of drug-likeness (QED) is 0.755. The lowest BCUT2D eigenvalue weighted by atomic mass is 9.72. The third kappa shape index (κ3) is 1.93. The zero-order valence-electron chi connectivity index (χ0n) is 10.5. The van der Waals surface area contributed by atoms with Crippen LogP contribution in [0.15, 0.2) is 18.2 Å². The first-order valence-corrected chi connectivity index (χ1v) is 5.93. The summed E-state index contributed by atoms with van der Waals surface area (Å²) in [6, 6.07) is 5.05. The Morgan fingerprint density at radius 1 is 1.38 bits per heavy atom. The minimum absolute atomic E-state index is 0.131. The van der Waals surface area contributed by atoms with Crippen molar-refractivity contribution in [3.05, 3.63) is 29.6 Å². The van der Waals surface area contributed by atoms with E-state index in [-0.39, 0.29) is 11.2 Å². The van der Waals surface area contributed by atoms with Crippen molar-refractivity contribution in [2.75, 3.05) is 11.9 Å². The number of benzene rings is 1. The Labute approximate surface area is 97.1 Å². The van der Waals surface area contributed by atoms with Gasteiger partial charge in [-0.25, -0.2) is 4.39 Å². The Morgan fingerprint density at radius 2 is 2.06 bits per heavy atom. The van der Waals surface area contributed by atoms with Gasteiger partial charge in [0.05, 0.1) is 0 Å². The molecule has 2 heteroatoms. The fourth-order valence-corrected chi connectivity index (χ4v) is 2.38. The number of hydrogen-bond acceptors (Lipinski definition) is 1. The van der Waals surface area contributed by atoms with Crippen LogP contribution < -0.4 is 5.32 Å². The van der Waals surface area contributed by atoms with Gasteiger partial charge < -0.3 is 5.32 Å². The second-order valence-corrected chi connectivity index (χ2v) is 5.87. The molecule has 0 radical (unpaired) electrons. The Hall–Kier alpha value is -1.05. The number of rotatable bonds is 1. The van der Waals surface area contributed by atoms with Crippen molar-refractivity contribution in [1.82, 2.24) is 0 Å². The molecule has 2 rings (SSSR count). The number of anilines is 1. The molecule has 0 aliphatic carbocycles. The molecule has 0 saturated carbocycles. The van der Waals surface area contributed by atoms with E-state index in [1.54, 1.807) is 6.07 Å². The van der Waals surface area contributed by atoms with Crippen molar-refractivity contribution in [2.45, 2.75) is 33.6 Å². The largest absolute Gasteiger partial charge is 0.384 e. The third-order valence-corrected chi connectivity index (χ3v) is 3.90. The van der Waals surface area contributed by atoms with Crippen molar-refractivity contribution < 1.29 is 4.39 Å². The van der Waals surface area contributed by atoms with Crippen LogP contribution in [0, 0.1) is 17.2 Å². The molecule has 1 heterocycles. The van der Waals surface area contributed by atoms with E-state index in [0.29, 0.717) is 11.8 Å². The molecule has 0 spiro atoms. The number of fused-ring (bicyclic) bond motifs is 1. The molecule has 0 aromatic heterocycles. The summed E-state index contributed by atoms with van der Waals surface area (Å²) < 4.78 is 13.3. The van der Waals surface area contributed by atoms with Gasteiger partial charge in [-0.2, -0.15) is 0 Å². The molecule has 1 aliphatic heterocycles. The van der Waals surface area contributed by atoms with Crippen LogP contribution in [0.5, 0.6) is 0 Å². The molecule has 0 amide bonds. The first-order valence-electron chi connectivity index (χ1n) is 5.93. The van der Waals surface area contributed by atoms with Crippen LogP contribution in [-0.4, -0.2) is 6.54 Å². The van der Waals surface area contributed by atoms with E-state index >= 15 is 0 Å². The molecule has 1 aliphatic rings. The third-order valence-electron chi connectivity index (χ3n) is 3.90. The Morgan fingerprint density at radius 3 is 2.69 bits per heavy atom. The minimum Gasteiger partial charge on any atom is -0.384 e. The van der Waals surface area contributed by atoms with Gasteiger partial charge in [-0.15, -0.1) is 0 Å². The minimum atomic E-state index is -0.131. The smallest absolute Gasteiger partial charge is 0.123 e. The maximum absolute atomic E-state index is 13.3. The zero-order chi connectivity index (χ0) is 11.9. The number of nitrogens with one attached hydrogen (secondary N) is 1. The van der Waals surface area contributed by atoms with Gasteiger partial charge in [-0.05, 0) is 35.1 Å². The van der Waals surface area contributed by atoms with E-state index in [9.17, 15) is 4.39 Å². The summed E-state index contributed by atoms with van der Waals surface area (Å²) in [6.45, 7) is 9.92. The number of hydrogen-bond donors (Lipinski definition) is 1. The molecular formula is C14H20FN. The summed E-state index contributed by atoms with van der Waals surface area (Å²) >= 11 is 0. The van der Waals surface area contributed by atoms with E-state index in [2.05, 4.69) is 33.0 Å². The first-order chi connectivity index (χ1) is 7.39. The predicted molar refractivity (Wildman–Crippen MR) is 66.2 cm³/mol. The van der Waals surface area contributed by atoms with Crippen LogP contribution in [0.1, 0.15) is 39.2 Å². The molecule has 1 N–H and O–H groups in total. The highest BCUT2D eigenvalue weighted by molar-refractivity contribution is 5.58. The van der Waals surface area contributed by atoms with Crippen molar-refractivity contribution >= 4 is 5.69 Å². The summed E-state index contributed by atoms with van der Waals surface area (Å²) in [7, 11) is 0. The summed E-state index contributed by atoms with van der Waals surface area (Å²) in [5, 5.41) is 3.36. The zero-order valence-corrected chi connectivity index (χ0v) is 10.5. The average molecular weight is 221 g/mol. The SMILES string of the molecule is CC(C1CNc2ccc(F)cc21)C(C)(C)C. The maximum Gasteiger partial charge on any atom is 0.123 e. The summed E-state index contributed by atoms with van der Waals surface area (Å²) in [5.41, 5.74) is 2.49. The molecule has 16 heavy (non-hydrogen) atoms. The van der Waals surface area contributed by atoms with Crippen LogP contribution in [-0.2, 0) is 0 Å². The Bertz CT molecular complexity index is 392. The molecule has 2 atom stereocenters. The molecule has 0 saturated heterocycles. The van der Waals surface area contributed by atoms with E-state index in [1.807, 2.05) is 6.07 Å². The van der Waals surface area contributed by atoms with Gasteiger partial charge in [0.2, 0.25) is 0 Å². The molecule has 1 nitrogen and oxygen atoms in total. The molecule has 1 aromatic carbocycles. The van der Waals surface area contributed by atoms with Crippen molar-refractivity contribution in [1.29, 1.82) is 0 Å².